The Morgan fingerprint density at radius 2 is 2.25 bits per heavy atom. The first-order valence-electron chi connectivity index (χ1n) is 6.55. The van der Waals surface area contributed by atoms with E-state index in [1.807, 2.05) is 26.8 Å². The Bertz CT molecular complexity index is 555. The number of carbonyl (C=O) groups is 1. The van der Waals surface area contributed by atoms with Gasteiger partial charge in [0.25, 0.3) is 0 Å². The third-order valence-electron chi connectivity index (χ3n) is 2.87. The van der Waals surface area contributed by atoms with E-state index in [2.05, 4.69) is 11.4 Å². The monoisotopic (exact) mass is 274 g/mol. The van der Waals surface area contributed by atoms with Gasteiger partial charge in [-0.05, 0) is 32.9 Å². The zero-order valence-electron chi connectivity index (χ0n) is 11.9. The van der Waals surface area contributed by atoms with E-state index in [-0.39, 0.29) is 6.04 Å². The summed E-state index contributed by atoms with van der Waals surface area (Å²) in [5.74, 6) is 0.649. The second kappa shape index (κ2) is 5.41. The number of ether oxygens (including phenoxy) is 2. The lowest BCUT2D eigenvalue weighted by molar-refractivity contribution is 0.0491. The summed E-state index contributed by atoms with van der Waals surface area (Å²) >= 11 is 0. The molecule has 0 bridgehead atoms. The molecule has 0 saturated carbocycles. The van der Waals surface area contributed by atoms with Crippen LogP contribution in [-0.2, 0) is 4.74 Å². The van der Waals surface area contributed by atoms with Crippen LogP contribution in [0.5, 0.6) is 5.75 Å². The number of alkyl carbamates (subject to hydrolysis) is 1. The van der Waals surface area contributed by atoms with Crippen LogP contribution >= 0.6 is 0 Å². The van der Waals surface area contributed by atoms with Gasteiger partial charge in [-0.15, -0.1) is 0 Å². The molecule has 1 aliphatic heterocycles. The number of rotatable bonds is 1. The maximum absolute atomic E-state index is 11.8. The standard InChI is InChI=1S/C15H18N2O3/c1-15(2,3)20-14(18)17-12-6-7-19-13-8-10(9-16)4-5-11(12)13/h4-5,8,12H,6-7H2,1-3H3,(H,17,18). The molecular weight excluding hydrogens is 256 g/mol. The molecule has 1 aromatic carbocycles. The van der Waals surface area contributed by atoms with Crippen molar-refractivity contribution in [3.63, 3.8) is 0 Å². The Labute approximate surface area is 118 Å². The second-order valence-electron chi connectivity index (χ2n) is 5.70. The molecular formula is C15H18N2O3. The zero-order chi connectivity index (χ0) is 14.8. The van der Waals surface area contributed by atoms with E-state index in [1.54, 1.807) is 12.1 Å². The molecule has 1 heterocycles. The van der Waals surface area contributed by atoms with Gasteiger partial charge in [0.15, 0.2) is 0 Å². The van der Waals surface area contributed by atoms with Gasteiger partial charge in [-0.25, -0.2) is 4.79 Å². The first-order chi connectivity index (χ1) is 9.39. The average molecular weight is 274 g/mol. The number of nitrogens with one attached hydrogen (secondary N) is 1. The van der Waals surface area contributed by atoms with Crippen molar-refractivity contribution >= 4 is 6.09 Å². The maximum atomic E-state index is 11.8. The van der Waals surface area contributed by atoms with Crippen LogP contribution in [0.4, 0.5) is 4.79 Å². The molecule has 2 rings (SSSR count). The van der Waals surface area contributed by atoms with Crippen molar-refractivity contribution in [1.29, 1.82) is 5.26 Å². The van der Waals surface area contributed by atoms with Crippen molar-refractivity contribution in [2.24, 2.45) is 0 Å². The molecule has 0 radical (unpaired) electrons. The fourth-order valence-corrected chi connectivity index (χ4v) is 2.06. The van der Waals surface area contributed by atoms with Crippen LogP contribution in [-0.4, -0.2) is 18.3 Å². The van der Waals surface area contributed by atoms with Gasteiger partial charge in [0, 0.05) is 12.0 Å². The topological polar surface area (TPSA) is 71.3 Å². The molecule has 5 nitrogen and oxygen atoms in total. The summed E-state index contributed by atoms with van der Waals surface area (Å²) in [6.07, 6.45) is 0.234. The molecule has 1 atom stereocenters. The van der Waals surface area contributed by atoms with Crippen LogP contribution in [0.2, 0.25) is 0 Å². The number of nitrogens with zero attached hydrogens (tertiary/aromatic N) is 1. The minimum Gasteiger partial charge on any atom is -0.493 e. The van der Waals surface area contributed by atoms with Gasteiger partial charge in [0.1, 0.15) is 11.4 Å². The van der Waals surface area contributed by atoms with Crippen molar-refractivity contribution in [2.75, 3.05) is 6.61 Å². The first kappa shape index (κ1) is 14.2. The number of nitriles is 1. The number of carbonyl (C=O) groups excluding carboxylic acids is 1. The molecule has 1 amide bonds. The largest absolute Gasteiger partial charge is 0.493 e. The Balaban J connectivity index is 2.13. The second-order valence-corrected chi connectivity index (χ2v) is 5.70. The molecule has 20 heavy (non-hydrogen) atoms. The first-order valence-corrected chi connectivity index (χ1v) is 6.55. The van der Waals surface area contributed by atoms with E-state index in [0.29, 0.717) is 24.3 Å². The van der Waals surface area contributed by atoms with Gasteiger partial charge < -0.3 is 14.8 Å². The fraction of sp³-hybridized carbons (Fsp3) is 0.467. The summed E-state index contributed by atoms with van der Waals surface area (Å²) in [6.45, 7) is 5.97. The molecule has 5 heteroatoms. The van der Waals surface area contributed by atoms with E-state index in [1.165, 1.54) is 0 Å². The Kier molecular flexibility index (Phi) is 3.84. The van der Waals surface area contributed by atoms with Gasteiger partial charge in [0.05, 0.1) is 24.3 Å². The van der Waals surface area contributed by atoms with Crippen LogP contribution in [0.3, 0.4) is 0 Å². The summed E-state index contributed by atoms with van der Waals surface area (Å²) in [4.78, 5) is 11.8. The predicted octanol–water partition coefficient (Wildman–Crippen LogP) is 2.91. The Hall–Kier alpha value is -2.22. The maximum Gasteiger partial charge on any atom is 0.408 e. The van der Waals surface area contributed by atoms with Crippen LogP contribution in [0.25, 0.3) is 0 Å². The van der Waals surface area contributed by atoms with Gasteiger partial charge in [0.2, 0.25) is 0 Å². The van der Waals surface area contributed by atoms with Gasteiger partial charge in [-0.3, -0.25) is 0 Å². The average Bonchev–Trinajstić information content (AvgIpc) is 2.36. The minimum absolute atomic E-state index is 0.152. The van der Waals surface area contributed by atoms with E-state index in [9.17, 15) is 4.79 Å². The van der Waals surface area contributed by atoms with E-state index < -0.39 is 11.7 Å². The smallest absolute Gasteiger partial charge is 0.408 e. The van der Waals surface area contributed by atoms with Crippen molar-refractivity contribution < 1.29 is 14.3 Å². The van der Waals surface area contributed by atoms with Crippen molar-refractivity contribution in [1.82, 2.24) is 5.32 Å². The lowest BCUT2D eigenvalue weighted by Gasteiger charge is -2.28. The van der Waals surface area contributed by atoms with Crippen molar-refractivity contribution in [3.8, 4) is 11.8 Å². The quantitative estimate of drug-likeness (QED) is 0.854. The third kappa shape index (κ3) is 3.41. The van der Waals surface area contributed by atoms with Crippen molar-refractivity contribution in [3.05, 3.63) is 29.3 Å². The van der Waals surface area contributed by atoms with Crippen LogP contribution in [0.15, 0.2) is 18.2 Å². The summed E-state index contributed by atoms with van der Waals surface area (Å²) in [5, 5.41) is 11.7. The van der Waals surface area contributed by atoms with Gasteiger partial charge in [-0.2, -0.15) is 5.26 Å². The third-order valence-corrected chi connectivity index (χ3v) is 2.87. The van der Waals surface area contributed by atoms with E-state index >= 15 is 0 Å². The molecule has 0 aromatic heterocycles. The minimum atomic E-state index is -0.525. The molecule has 106 valence electrons. The van der Waals surface area contributed by atoms with Crippen molar-refractivity contribution in [2.45, 2.75) is 38.8 Å². The fourth-order valence-electron chi connectivity index (χ4n) is 2.06. The molecule has 0 saturated heterocycles. The van der Waals surface area contributed by atoms with Crippen LogP contribution < -0.4 is 10.1 Å². The number of hydrogen-bond donors (Lipinski definition) is 1. The highest BCUT2D eigenvalue weighted by Gasteiger charge is 2.25. The highest BCUT2D eigenvalue weighted by atomic mass is 16.6. The Morgan fingerprint density at radius 3 is 2.90 bits per heavy atom. The summed E-state index contributed by atoms with van der Waals surface area (Å²) < 4.78 is 10.8. The summed E-state index contributed by atoms with van der Waals surface area (Å²) in [6, 6.07) is 7.15. The predicted molar refractivity (Wildman–Crippen MR) is 73.4 cm³/mol. The number of amides is 1. The summed E-state index contributed by atoms with van der Waals surface area (Å²) in [5.41, 5.74) is 0.894. The molecule has 0 aliphatic carbocycles. The Morgan fingerprint density at radius 1 is 1.50 bits per heavy atom. The molecule has 0 fully saturated rings. The zero-order valence-corrected chi connectivity index (χ0v) is 11.9. The molecule has 1 aliphatic rings. The number of fused-ring (bicyclic) bond motifs is 1. The molecule has 1 aromatic rings. The van der Waals surface area contributed by atoms with Crippen LogP contribution in [0, 0.1) is 11.3 Å². The number of hydrogen-bond acceptors (Lipinski definition) is 4. The van der Waals surface area contributed by atoms with Gasteiger partial charge >= 0.3 is 6.09 Å². The van der Waals surface area contributed by atoms with Gasteiger partial charge in [-0.1, -0.05) is 6.07 Å². The van der Waals surface area contributed by atoms with E-state index in [0.717, 1.165) is 5.56 Å². The number of benzene rings is 1. The highest BCUT2D eigenvalue weighted by Crippen LogP contribution is 2.32. The molecule has 1 unspecified atom stereocenters. The van der Waals surface area contributed by atoms with E-state index in [4.69, 9.17) is 14.7 Å². The van der Waals surface area contributed by atoms with Crippen LogP contribution in [0.1, 0.15) is 44.4 Å². The molecule has 0 spiro atoms. The lowest BCUT2D eigenvalue weighted by Crippen LogP contribution is -2.36. The highest BCUT2D eigenvalue weighted by molar-refractivity contribution is 5.68. The normalized spacial score (nSPS) is 17.4. The molecule has 1 N–H and O–H groups in total. The lowest BCUT2D eigenvalue weighted by atomic mass is 9.99. The summed E-state index contributed by atoms with van der Waals surface area (Å²) in [7, 11) is 0. The SMILES string of the molecule is CC(C)(C)OC(=O)NC1CCOc2cc(C#N)ccc21.